The third kappa shape index (κ3) is 6.38. The second-order valence-corrected chi connectivity index (χ2v) is 10.2. The average Bonchev–Trinajstić information content (AvgIpc) is 3.67. The first kappa shape index (κ1) is 27.3. The number of methoxy groups -OCH3 is 1. The molecule has 2 saturated heterocycles. The molecule has 4 atom stereocenters. The number of hydrogen-bond acceptors (Lipinski definition) is 7. The highest BCUT2D eigenvalue weighted by Crippen LogP contribution is 2.44. The SMILES string of the molecule is C=C[C@@H]1[C@@H](C2C=C3OCOC3=C(OC)C2)CN(CC(=O)N(CCCC)CCCN)[C@H]1CCn1cccn1. The summed E-state index contributed by atoms with van der Waals surface area (Å²) in [6.45, 7) is 10.7. The van der Waals surface area contributed by atoms with E-state index in [2.05, 4.69) is 35.7 Å². The number of aryl methyl sites for hydroxylation is 1. The van der Waals surface area contributed by atoms with Crippen LogP contribution in [-0.4, -0.2) is 78.2 Å². The summed E-state index contributed by atoms with van der Waals surface area (Å²) in [7, 11) is 1.69. The standard InChI is InChI=1S/C28H43N5O4/c1-4-6-12-31(13-7-10-29)27(34)19-32-18-23(21-16-25(35-3)28-26(17-21)36-20-37-28)22(5-2)24(32)9-15-33-14-8-11-30-33/h5,8,11,14,17,21-24H,2,4,6-7,9-10,12-13,15-16,18-20,29H2,1,3H3/t21?,22-,23-,24+/m1/s1. The van der Waals surface area contributed by atoms with Gasteiger partial charge in [-0.2, -0.15) is 5.10 Å². The van der Waals surface area contributed by atoms with Crippen molar-refractivity contribution in [2.24, 2.45) is 23.5 Å². The Morgan fingerprint density at radius 1 is 1.35 bits per heavy atom. The normalized spacial score (nSPS) is 25.3. The van der Waals surface area contributed by atoms with Gasteiger partial charge in [0, 0.05) is 51.0 Å². The molecule has 37 heavy (non-hydrogen) atoms. The van der Waals surface area contributed by atoms with Gasteiger partial charge in [0.1, 0.15) is 5.76 Å². The van der Waals surface area contributed by atoms with Gasteiger partial charge in [-0.1, -0.05) is 19.4 Å². The van der Waals surface area contributed by atoms with Crippen LogP contribution in [0.15, 0.2) is 54.5 Å². The lowest BCUT2D eigenvalue weighted by Crippen LogP contribution is -2.44. The van der Waals surface area contributed by atoms with E-state index < -0.39 is 0 Å². The van der Waals surface area contributed by atoms with Crippen molar-refractivity contribution in [3.8, 4) is 0 Å². The van der Waals surface area contributed by atoms with Crippen LogP contribution in [0, 0.1) is 17.8 Å². The van der Waals surface area contributed by atoms with Crippen molar-refractivity contribution in [2.75, 3.05) is 46.6 Å². The van der Waals surface area contributed by atoms with E-state index in [1.807, 2.05) is 21.8 Å². The molecule has 9 nitrogen and oxygen atoms in total. The Hall–Kier alpha value is -2.78. The number of ether oxygens (including phenoxy) is 3. The Morgan fingerprint density at radius 2 is 2.19 bits per heavy atom. The Labute approximate surface area is 220 Å². The predicted molar refractivity (Wildman–Crippen MR) is 142 cm³/mol. The smallest absolute Gasteiger partial charge is 0.236 e. The molecule has 0 bridgehead atoms. The second-order valence-electron chi connectivity index (χ2n) is 10.2. The Bertz CT molecular complexity index is 952. The molecule has 0 aromatic carbocycles. The Balaban J connectivity index is 1.54. The number of fused-ring (bicyclic) bond motifs is 1. The van der Waals surface area contributed by atoms with E-state index in [0.717, 1.165) is 69.0 Å². The van der Waals surface area contributed by atoms with Gasteiger partial charge < -0.3 is 24.8 Å². The molecule has 2 aliphatic heterocycles. The lowest BCUT2D eigenvalue weighted by atomic mass is 9.77. The monoisotopic (exact) mass is 513 g/mol. The summed E-state index contributed by atoms with van der Waals surface area (Å²) < 4.78 is 19.1. The number of hydrogen-bond donors (Lipinski definition) is 1. The van der Waals surface area contributed by atoms with Crippen LogP contribution in [0.3, 0.4) is 0 Å². The number of unbranched alkanes of at least 4 members (excludes halogenated alkanes) is 1. The van der Waals surface area contributed by atoms with E-state index >= 15 is 0 Å². The molecule has 1 aliphatic carbocycles. The van der Waals surface area contributed by atoms with Crippen molar-refractivity contribution < 1.29 is 19.0 Å². The van der Waals surface area contributed by atoms with Gasteiger partial charge in [0.05, 0.1) is 13.7 Å². The summed E-state index contributed by atoms with van der Waals surface area (Å²) in [4.78, 5) is 17.9. The minimum absolute atomic E-state index is 0.184. The van der Waals surface area contributed by atoms with Crippen LogP contribution >= 0.6 is 0 Å². The van der Waals surface area contributed by atoms with Gasteiger partial charge in [0.2, 0.25) is 18.5 Å². The largest absolute Gasteiger partial charge is 0.497 e. The molecule has 204 valence electrons. The fourth-order valence-corrected chi connectivity index (χ4v) is 5.97. The molecule has 3 heterocycles. The number of allylic oxidation sites excluding steroid dienone is 2. The van der Waals surface area contributed by atoms with Crippen LogP contribution in [0.25, 0.3) is 0 Å². The van der Waals surface area contributed by atoms with Gasteiger partial charge in [-0.05, 0) is 55.7 Å². The molecular formula is C28H43N5O4. The molecule has 1 aromatic heterocycles. The number of rotatable bonds is 14. The summed E-state index contributed by atoms with van der Waals surface area (Å²) in [5.74, 6) is 3.22. The van der Waals surface area contributed by atoms with E-state index in [-0.39, 0.29) is 36.5 Å². The van der Waals surface area contributed by atoms with Crippen LogP contribution < -0.4 is 5.73 Å². The van der Waals surface area contributed by atoms with Gasteiger partial charge >= 0.3 is 0 Å². The lowest BCUT2D eigenvalue weighted by molar-refractivity contribution is -0.132. The van der Waals surface area contributed by atoms with Crippen molar-refractivity contribution in [3.63, 3.8) is 0 Å². The second kappa shape index (κ2) is 13.1. The van der Waals surface area contributed by atoms with Crippen LogP contribution in [-0.2, 0) is 25.5 Å². The molecule has 0 saturated carbocycles. The number of nitrogens with zero attached hydrogens (tertiary/aromatic N) is 4. The number of likely N-dealkylation sites (tertiary alicyclic amines) is 1. The highest BCUT2D eigenvalue weighted by atomic mass is 16.7. The topological polar surface area (TPSA) is 95.1 Å². The molecule has 3 aliphatic rings. The van der Waals surface area contributed by atoms with Crippen molar-refractivity contribution in [2.45, 2.75) is 51.6 Å². The van der Waals surface area contributed by atoms with Gasteiger partial charge in [-0.3, -0.25) is 14.4 Å². The van der Waals surface area contributed by atoms with Crippen LogP contribution in [0.2, 0.25) is 0 Å². The van der Waals surface area contributed by atoms with Crippen molar-refractivity contribution in [3.05, 3.63) is 54.5 Å². The van der Waals surface area contributed by atoms with Crippen molar-refractivity contribution in [1.82, 2.24) is 19.6 Å². The van der Waals surface area contributed by atoms with Crippen LogP contribution in [0.5, 0.6) is 0 Å². The van der Waals surface area contributed by atoms with E-state index in [1.54, 1.807) is 13.3 Å². The maximum atomic E-state index is 13.5. The number of carbonyl (C=O) groups is 1. The summed E-state index contributed by atoms with van der Waals surface area (Å²) in [6, 6.07) is 2.13. The fraction of sp³-hybridized carbons (Fsp3) is 0.643. The first-order valence-corrected chi connectivity index (χ1v) is 13.7. The third-order valence-electron chi connectivity index (χ3n) is 7.92. The molecule has 0 spiro atoms. The highest BCUT2D eigenvalue weighted by Gasteiger charge is 2.45. The number of aromatic nitrogens is 2. The molecule has 1 unspecified atom stereocenters. The summed E-state index contributed by atoms with van der Waals surface area (Å²) in [6.07, 6.45) is 12.6. The fourth-order valence-electron chi connectivity index (χ4n) is 5.97. The summed E-state index contributed by atoms with van der Waals surface area (Å²) in [5, 5.41) is 4.40. The van der Waals surface area contributed by atoms with Crippen LogP contribution in [0.4, 0.5) is 0 Å². The molecule has 1 aromatic rings. The summed E-state index contributed by atoms with van der Waals surface area (Å²) >= 11 is 0. The summed E-state index contributed by atoms with van der Waals surface area (Å²) in [5.41, 5.74) is 5.77. The van der Waals surface area contributed by atoms with E-state index in [0.29, 0.717) is 19.6 Å². The zero-order chi connectivity index (χ0) is 26.2. The first-order valence-electron chi connectivity index (χ1n) is 13.7. The maximum Gasteiger partial charge on any atom is 0.236 e. The number of amides is 1. The molecule has 2 fully saturated rings. The minimum Gasteiger partial charge on any atom is -0.497 e. The van der Waals surface area contributed by atoms with E-state index in [1.165, 1.54) is 0 Å². The zero-order valence-corrected chi connectivity index (χ0v) is 22.4. The van der Waals surface area contributed by atoms with Gasteiger partial charge in [0.15, 0.2) is 5.76 Å². The first-order chi connectivity index (χ1) is 18.1. The Kier molecular flexibility index (Phi) is 9.68. The number of carbonyl (C=O) groups excluding carboxylic acids is 1. The maximum absolute atomic E-state index is 13.5. The van der Waals surface area contributed by atoms with Gasteiger partial charge in [0.25, 0.3) is 0 Å². The predicted octanol–water partition coefficient (Wildman–Crippen LogP) is 3.12. The highest BCUT2D eigenvalue weighted by molar-refractivity contribution is 5.78. The molecule has 0 radical (unpaired) electrons. The van der Waals surface area contributed by atoms with Gasteiger partial charge in [-0.25, -0.2) is 0 Å². The average molecular weight is 514 g/mol. The minimum atomic E-state index is 0.184. The van der Waals surface area contributed by atoms with Crippen molar-refractivity contribution in [1.29, 1.82) is 0 Å². The molecule has 1 amide bonds. The van der Waals surface area contributed by atoms with E-state index in [4.69, 9.17) is 19.9 Å². The molecule has 9 heteroatoms. The Morgan fingerprint density at radius 3 is 2.89 bits per heavy atom. The van der Waals surface area contributed by atoms with Gasteiger partial charge in [-0.15, -0.1) is 6.58 Å². The van der Waals surface area contributed by atoms with Crippen LogP contribution in [0.1, 0.15) is 39.0 Å². The quantitative estimate of drug-likeness (QED) is 0.382. The lowest BCUT2D eigenvalue weighted by Gasteiger charge is -2.30. The molecule has 4 rings (SSSR count). The molecule has 2 N–H and O–H groups in total. The van der Waals surface area contributed by atoms with E-state index in [9.17, 15) is 4.79 Å². The zero-order valence-electron chi connectivity index (χ0n) is 22.4. The third-order valence-corrected chi connectivity index (χ3v) is 7.92. The molecular weight excluding hydrogens is 470 g/mol. The number of nitrogens with two attached hydrogens (primary N) is 1. The van der Waals surface area contributed by atoms with Crippen molar-refractivity contribution >= 4 is 5.91 Å².